The van der Waals surface area contributed by atoms with Crippen molar-refractivity contribution >= 4 is 17.9 Å². The lowest BCUT2D eigenvalue weighted by molar-refractivity contribution is -0.143. The van der Waals surface area contributed by atoms with E-state index in [-0.39, 0.29) is 18.1 Å². The van der Waals surface area contributed by atoms with Crippen molar-refractivity contribution in [2.24, 2.45) is 0 Å². The Kier molecular flexibility index (Phi) is 10.6. The van der Waals surface area contributed by atoms with E-state index in [1.165, 1.54) is 12.1 Å². The fraction of sp³-hybridized carbons (Fsp3) is 0.516. The molecule has 2 unspecified atom stereocenters. The second kappa shape index (κ2) is 13.0. The van der Waals surface area contributed by atoms with E-state index in [1.54, 1.807) is 37.8 Å². The van der Waals surface area contributed by atoms with Crippen molar-refractivity contribution in [2.75, 3.05) is 6.54 Å². The second-order valence-corrected chi connectivity index (χ2v) is 12.1. The van der Waals surface area contributed by atoms with Gasteiger partial charge >= 0.3 is 6.09 Å². The average molecular weight is 540 g/mol. The first-order valence-corrected chi connectivity index (χ1v) is 13.5. The van der Waals surface area contributed by atoms with Crippen LogP contribution >= 0.6 is 0 Å². The van der Waals surface area contributed by atoms with E-state index < -0.39 is 35.2 Å². The van der Waals surface area contributed by atoms with Gasteiger partial charge in [0.1, 0.15) is 23.4 Å². The van der Waals surface area contributed by atoms with Gasteiger partial charge in [-0.15, -0.1) is 0 Å². The van der Waals surface area contributed by atoms with Crippen LogP contribution in [0.1, 0.15) is 83.2 Å². The summed E-state index contributed by atoms with van der Waals surface area (Å²) in [5.41, 5.74) is 2.25. The van der Waals surface area contributed by atoms with E-state index in [4.69, 9.17) is 4.74 Å². The lowest BCUT2D eigenvalue weighted by Gasteiger charge is -2.36. The van der Waals surface area contributed by atoms with Gasteiger partial charge in [-0.3, -0.25) is 9.59 Å². The maximum absolute atomic E-state index is 14.3. The summed E-state index contributed by atoms with van der Waals surface area (Å²) in [4.78, 5) is 42.4. The summed E-state index contributed by atoms with van der Waals surface area (Å²) in [6, 6.07) is 10.3. The Bertz CT molecular complexity index is 1150. The zero-order chi connectivity index (χ0) is 29.5. The lowest BCUT2D eigenvalue weighted by Crippen LogP contribution is -2.55. The number of hydrogen-bond acceptors (Lipinski definition) is 5. The predicted octanol–water partition coefficient (Wildman–Crippen LogP) is 5.34. The third kappa shape index (κ3) is 9.93. The van der Waals surface area contributed by atoms with Crippen LogP contribution in [0, 0.1) is 13.8 Å². The Balaban J connectivity index is 2.57. The summed E-state index contributed by atoms with van der Waals surface area (Å²) in [7, 11) is 0. The number of amides is 3. The molecule has 0 radical (unpaired) electrons. The molecule has 0 saturated heterocycles. The molecule has 3 N–H and O–H groups in total. The SMILES string of the molecule is CCCN(C(=O)C(Cc1ccc(O)cc1)NC(=O)OC(C)(C)C)C(C(=O)NC(C)(C)C)c1ccc(C)c(C)c1. The zero-order valence-corrected chi connectivity index (χ0v) is 24.8. The maximum atomic E-state index is 14.3. The molecule has 2 rings (SSSR count). The number of carbonyl (C=O) groups is 3. The first-order valence-electron chi connectivity index (χ1n) is 13.5. The third-order valence-electron chi connectivity index (χ3n) is 6.02. The van der Waals surface area contributed by atoms with Crippen molar-refractivity contribution in [1.29, 1.82) is 0 Å². The van der Waals surface area contributed by atoms with E-state index in [9.17, 15) is 19.5 Å². The molecule has 2 aromatic carbocycles. The summed E-state index contributed by atoms with van der Waals surface area (Å²) in [5, 5.41) is 15.5. The minimum Gasteiger partial charge on any atom is -0.508 e. The summed E-state index contributed by atoms with van der Waals surface area (Å²) >= 11 is 0. The van der Waals surface area contributed by atoms with Crippen LogP contribution < -0.4 is 10.6 Å². The number of phenolic OH excluding ortho intramolecular Hbond substituents is 1. The van der Waals surface area contributed by atoms with Gasteiger partial charge in [-0.1, -0.05) is 37.3 Å². The van der Waals surface area contributed by atoms with Gasteiger partial charge in [-0.05, 0) is 96.2 Å². The quantitative estimate of drug-likeness (QED) is 0.399. The molecule has 0 bridgehead atoms. The number of benzene rings is 2. The smallest absolute Gasteiger partial charge is 0.408 e. The van der Waals surface area contributed by atoms with Gasteiger partial charge in [0.25, 0.3) is 0 Å². The second-order valence-electron chi connectivity index (χ2n) is 12.1. The molecule has 0 spiro atoms. The highest BCUT2D eigenvalue weighted by atomic mass is 16.6. The number of aryl methyl sites for hydroxylation is 2. The molecule has 2 aromatic rings. The predicted molar refractivity (Wildman–Crippen MR) is 154 cm³/mol. The molecule has 0 heterocycles. The topological polar surface area (TPSA) is 108 Å². The third-order valence-corrected chi connectivity index (χ3v) is 6.02. The maximum Gasteiger partial charge on any atom is 0.408 e. The number of alkyl carbamates (subject to hydrolysis) is 1. The highest BCUT2D eigenvalue weighted by molar-refractivity contribution is 5.92. The van der Waals surface area contributed by atoms with Crippen molar-refractivity contribution in [3.8, 4) is 5.75 Å². The van der Waals surface area contributed by atoms with Gasteiger partial charge in [0.05, 0.1) is 0 Å². The van der Waals surface area contributed by atoms with Gasteiger partial charge in [0, 0.05) is 18.5 Å². The molecule has 8 heteroatoms. The fourth-order valence-corrected chi connectivity index (χ4v) is 4.17. The van der Waals surface area contributed by atoms with Crippen molar-refractivity contribution < 1.29 is 24.2 Å². The molecule has 0 aliphatic rings. The van der Waals surface area contributed by atoms with Crippen LogP contribution in [0.25, 0.3) is 0 Å². The fourth-order valence-electron chi connectivity index (χ4n) is 4.17. The van der Waals surface area contributed by atoms with Crippen LogP contribution in [0.2, 0.25) is 0 Å². The number of carbonyl (C=O) groups excluding carboxylic acids is 3. The molecular formula is C31H45N3O5. The number of phenols is 1. The van der Waals surface area contributed by atoms with E-state index >= 15 is 0 Å². The van der Waals surface area contributed by atoms with Crippen molar-refractivity contribution in [2.45, 2.75) is 98.4 Å². The highest BCUT2D eigenvalue weighted by Gasteiger charge is 2.37. The molecule has 8 nitrogen and oxygen atoms in total. The molecule has 0 aliphatic heterocycles. The van der Waals surface area contributed by atoms with Gasteiger partial charge in [-0.2, -0.15) is 0 Å². The van der Waals surface area contributed by atoms with Gasteiger partial charge in [-0.25, -0.2) is 4.79 Å². The van der Waals surface area contributed by atoms with Gasteiger partial charge < -0.3 is 25.4 Å². The largest absolute Gasteiger partial charge is 0.508 e. The first kappa shape index (κ1) is 31.7. The first-order chi connectivity index (χ1) is 18.0. The number of aromatic hydroxyl groups is 1. The minimum atomic E-state index is -1.01. The van der Waals surface area contributed by atoms with E-state index in [1.807, 2.05) is 59.7 Å². The van der Waals surface area contributed by atoms with Crippen LogP contribution in [0.5, 0.6) is 5.75 Å². The minimum absolute atomic E-state index is 0.1000. The molecule has 0 saturated carbocycles. The van der Waals surface area contributed by atoms with Crippen LogP contribution in [0.3, 0.4) is 0 Å². The number of nitrogens with zero attached hydrogens (tertiary/aromatic N) is 1. The molecule has 0 aromatic heterocycles. The van der Waals surface area contributed by atoms with Crippen molar-refractivity contribution in [3.63, 3.8) is 0 Å². The van der Waals surface area contributed by atoms with Crippen LogP contribution in [0.15, 0.2) is 42.5 Å². The Hall–Kier alpha value is -3.55. The van der Waals surface area contributed by atoms with E-state index in [2.05, 4.69) is 10.6 Å². The Morgan fingerprint density at radius 2 is 1.56 bits per heavy atom. The number of hydrogen-bond donors (Lipinski definition) is 3. The molecule has 0 aliphatic carbocycles. The highest BCUT2D eigenvalue weighted by Crippen LogP contribution is 2.26. The van der Waals surface area contributed by atoms with Crippen LogP contribution in [0.4, 0.5) is 4.79 Å². The molecule has 214 valence electrons. The Morgan fingerprint density at radius 1 is 0.949 bits per heavy atom. The van der Waals surface area contributed by atoms with Crippen molar-refractivity contribution in [1.82, 2.24) is 15.5 Å². The van der Waals surface area contributed by atoms with Crippen LogP contribution in [-0.4, -0.2) is 51.6 Å². The number of nitrogens with one attached hydrogen (secondary N) is 2. The average Bonchev–Trinajstić information content (AvgIpc) is 2.79. The number of rotatable bonds is 9. The summed E-state index contributed by atoms with van der Waals surface area (Å²) in [6.07, 6.45) is 0.0332. The van der Waals surface area contributed by atoms with Crippen LogP contribution in [-0.2, 0) is 20.7 Å². The van der Waals surface area contributed by atoms with Crippen molar-refractivity contribution in [3.05, 3.63) is 64.7 Å². The Morgan fingerprint density at radius 3 is 2.08 bits per heavy atom. The molecule has 3 amide bonds. The molecule has 0 fully saturated rings. The van der Waals surface area contributed by atoms with Gasteiger partial charge in [0.2, 0.25) is 11.8 Å². The normalized spacial score (nSPS) is 13.3. The van der Waals surface area contributed by atoms with E-state index in [0.29, 0.717) is 18.5 Å². The molecular weight excluding hydrogens is 494 g/mol. The number of ether oxygens (including phenoxy) is 1. The summed E-state index contributed by atoms with van der Waals surface area (Å²) < 4.78 is 5.46. The molecule has 2 atom stereocenters. The van der Waals surface area contributed by atoms with E-state index in [0.717, 1.165) is 16.7 Å². The lowest BCUT2D eigenvalue weighted by atomic mass is 9.96. The monoisotopic (exact) mass is 539 g/mol. The molecule has 39 heavy (non-hydrogen) atoms. The summed E-state index contributed by atoms with van der Waals surface area (Å²) in [6.45, 7) is 17.1. The summed E-state index contributed by atoms with van der Waals surface area (Å²) in [5.74, 6) is -0.598. The standard InChI is InChI=1S/C31H45N3O5/c1-10-17-34(26(27(36)33-30(4,5)6)23-14-11-20(2)21(3)18-23)28(37)25(32-29(38)39-31(7,8)9)19-22-12-15-24(35)16-13-22/h11-16,18,25-26,35H,10,17,19H2,1-9H3,(H,32,38)(H,33,36). The van der Waals surface area contributed by atoms with Gasteiger partial charge in [0.15, 0.2) is 0 Å². The zero-order valence-electron chi connectivity index (χ0n) is 24.8. The Labute approximate surface area is 233 Å².